The average Bonchev–Trinajstić information content (AvgIpc) is 2.23. The fourth-order valence-electron chi connectivity index (χ4n) is 1.19. The second kappa shape index (κ2) is 8.06. The molecule has 0 saturated heterocycles. The molecule has 0 fully saturated rings. The standard InChI is InChI=1S/C10H20N2O4/c1-7(4-5-11)2-3-9(14)12-6-8(13)10(15)16/h7-8,13H,2-6,11H2,1H3,(H,12,14)(H,15,16). The van der Waals surface area contributed by atoms with Gasteiger partial charge in [-0.05, 0) is 25.3 Å². The monoisotopic (exact) mass is 232 g/mol. The number of rotatable bonds is 8. The number of aliphatic hydroxyl groups excluding tert-OH is 1. The van der Waals surface area contributed by atoms with Gasteiger partial charge in [-0.15, -0.1) is 0 Å². The fraction of sp³-hybridized carbons (Fsp3) is 0.800. The number of aliphatic hydroxyl groups is 1. The van der Waals surface area contributed by atoms with Gasteiger partial charge >= 0.3 is 5.97 Å². The lowest BCUT2D eigenvalue weighted by atomic mass is 10.0. The van der Waals surface area contributed by atoms with Crippen molar-refractivity contribution in [2.75, 3.05) is 13.1 Å². The second-order valence-electron chi connectivity index (χ2n) is 3.88. The number of carbonyl (C=O) groups excluding carboxylic acids is 1. The summed E-state index contributed by atoms with van der Waals surface area (Å²) in [5.41, 5.74) is 5.37. The van der Waals surface area contributed by atoms with E-state index in [1.807, 2.05) is 6.92 Å². The molecule has 0 heterocycles. The lowest BCUT2D eigenvalue weighted by molar-refractivity contribution is -0.146. The molecule has 1 amide bonds. The van der Waals surface area contributed by atoms with Crippen LogP contribution in [0.3, 0.4) is 0 Å². The van der Waals surface area contributed by atoms with Crippen LogP contribution in [-0.4, -0.2) is 41.3 Å². The van der Waals surface area contributed by atoms with Crippen LogP contribution in [0.15, 0.2) is 0 Å². The Labute approximate surface area is 94.8 Å². The predicted octanol–water partition coefficient (Wildman–Crippen LogP) is -0.687. The number of hydrogen-bond acceptors (Lipinski definition) is 4. The maximum Gasteiger partial charge on any atom is 0.334 e. The van der Waals surface area contributed by atoms with Crippen molar-refractivity contribution in [1.29, 1.82) is 0 Å². The molecular weight excluding hydrogens is 212 g/mol. The zero-order valence-corrected chi connectivity index (χ0v) is 9.48. The molecule has 0 bridgehead atoms. The Hall–Kier alpha value is -1.14. The van der Waals surface area contributed by atoms with E-state index in [1.165, 1.54) is 0 Å². The van der Waals surface area contributed by atoms with E-state index in [-0.39, 0.29) is 12.5 Å². The first-order valence-corrected chi connectivity index (χ1v) is 5.35. The molecule has 0 aliphatic rings. The summed E-state index contributed by atoms with van der Waals surface area (Å²) in [5.74, 6) is -1.21. The lowest BCUT2D eigenvalue weighted by Crippen LogP contribution is -2.36. The molecular formula is C10H20N2O4. The van der Waals surface area contributed by atoms with Crippen LogP contribution in [0.25, 0.3) is 0 Å². The van der Waals surface area contributed by atoms with Crippen LogP contribution < -0.4 is 11.1 Å². The van der Waals surface area contributed by atoms with Crippen LogP contribution in [0.4, 0.5) is 0 Å². The van der Waals surface area contributed by atoms with E-state index in [0.29, 0.717) is 25.3 Å². The van der Waals surface area contributed by atoms with Crippen molar-refractivity contribution in [3.63, 3.8) is 0 Å². The molecule has 16 heavy (non-hydrogen) atoms. The Morgan fingerprint density at radius 3 is 2.50 bits per heavy atom. The van der Waals surface area contributed by atoms with Gasteiger partial charge in [-0.3, -0.25) is 4.79 Å². The minimum Gasteiger partial charge on any atom is -0.479 e. The van der Waals surface area contributed by atoms with E-state index in [1.54, 1.807) is 0 Å². The molecule has 6 nitrogen and oxygen atoms in total. The van der Waals surface area contributed by atoms with E-state index >= 15 is 0 Å². The highest BCUT2D eigenvalue weighted by molar-refractivity contribution is 5.77. The number of hydrogen-bond donors (Lipinski definition) is 4. The van der Waals surface area contributed by atoms with Crippen molar-refractivity contribution >= 4 is 11.9 Å². The number of nitrogens with two attached hydrogens (primary N) is 1. The van der Waals surface area contributed by atoms with Gasteiger partial charge in [0.1, 0.15) is 0 Å². The van der Waals surface area contributed by atoms with Crippen LogP contribution in [0.5, 0.6) is 0 Å². The predicted molar refractivity (Wildman–Crippen MR) is 58.7 cm³/mol. The van der Waals surface area contributed by atoms with E-state index in [0.717, 1.165) is 6.42 Å². The summed E-state index contributed by atoms with van der Waals surface area (Å²) in [4.78, 5) is 21.5. The Morgan fingerprint density at radius 2 is 2.00 bits per heavy atom. The number of amides is 1. The van der Waals surface area contributed by atoms with Gasteiger partial charge in [0.15, 0.2) is 6.10 Å². The van der Waals surface area contributed by atoms with Crippen molar-refractivity contribution in [2.24, 2.45) is 11.7 Å². The van der Waals surface area contributed by atoms with Crippen LogP contribution in [0.1, 0.15) is 26.2 Å². The molecule has 0 aromatic rings. The molecule has 2 atom stereocenters. The van der Waals surface area contributed by atoms with Crippen molar-refractivity contribution in [3.8, 4) is 0 Å². The van der Waals surface area contributed by atoms with Crippen molar-refractivity contribution in [2.45, 2.75) is 32.3 Å². The van der Waals surface area contributed by atoms with Gasteiger partial charge in [-0.25, -0.2) is 4.79 Å². The molecule has 0 spiro atoms. The van der Waals surface area contributed by atoms with Crippen molar-refractivity contribution < 1.29 is 19.8 Å². The second-order valence-corrected chi connectivity index (χ2v) is 3.88. The SMILES string of the molecule is CC(CCN)CCC(=O)NCC(O)C(=O)O. The third-order valence-corrected chi connectivity index (χ3v) is 2.30. The smallest absolute Gasteiger partial charge is 0.334 e. The molecule has 2 unspecified atom stereocenters. The number of carbonyl (C=O) groups is 2. The van der Waals surface area contributed by atoms with Crippen LogP contribution >= 0.6 is 0 Å². The van der Waals surface area contributed by atoms with Gasteiger partial charge in [-0.2, -0.15) is 0 Å². The maximum atomic E-state index is 11.2. The lowest BCUT2D eigenvalue weighted by Gasteiger charge is -2.10. The topological polar surface area (TPSA) is 113 Å². The highest BCUT2D eigenvalue weighted by atomic mass is 16.4. The van der Waals surface area contributed by atoms with Crippen LogP contribution in [0, 0.1) is 5.92 Å². The quantitative estimate of drug-likeness (QED) is 0.442. The highest BCUT2D eigenvalue weighted by Crippen LogP contribution is 2.08. The van der Waals surface area contributed by atoms with Crippen molar-refractivity contribution in [3.05, 3.63) is 0 Å². The maximum absolute atomic E-state index is 11.2. The molecule has 5 N–H and O–H groups in total. The largest absolute Gasteiger partial charge is 0.479 e. The molecule has 0 aromatic carbocycles. The van der Waals surface area contributed by atoms with E-state index in [4.69, 9.17) is 15.9 Å². The molecule has 0 aliphatic heterocycles. The molecule has 6 heteroatoms. The van der Waals surface area contributed by atoms with Gasteiger partial charge in [-0.1, -0.05) is 6.92 Å². The Morgan fingerprint density at radius 1 is 1.38 bits per heavy atom. The van der Waals surface area contributed by atoms with Crippen LogP contribution in [-0.2, 0) is 9.59 Å². The first-order chi connectivity index (χ1) is 7.47. The van der Waals surface area contributed by atoms with Gasteiger partial charge in [0, 0.05) is 6.42 Å². The summed E-state index contributed by atoms with van der Waals surface area (Å²) in [6.45, 7) is 2.35. The first kappa shape index (κ1) is 14.9. The number of aliphatic carboxylic acids is 1. The molecule has 0 aromatic heterocycles. The minimum atomic E-state index is -1.54. The molecule has 0 saturated carbocycles. The van der Waals surface area contributed by atoms with Crippen LogP contribution in [0.2, 0.25) is 0 Å². The van der Waals surface area contributed by atoms with E-state index < -0.39 is 12.1 Å². The molecule has 94 valence electrons. The fourth-order valence-corrected chi connectivity index (χ4v) is 1.19. The third kappa shape index (κ3) is 7.19. The third-order valence-electron chi connectivity index (χ3n) is 2.30. The highest BCUT2D eigenvalue weighted by Gasteiger charge is 2.14. The van der Waals surface area contributed by atoms with Gasteiger partial charge in [0.2, 0.25) is 5.91 Å². The van der Waals surface area contributed by atoms with Gasteiger partial charge in [0.25, 0.3) is 0 Å². The summed E-state index contributed by atoms with van der Waals surface area (Å²) in [7, 11) is 0. The first-order valence-electron chi connectivity index (χ1n) is 5.35. The summed E-state index contributed by atoms with van der Waals surface area (Å²) >= 11 is 0. The zero-order valence-electron chi connectivity index (χ0n) is 9.48. The molecule has 0 radical (unpaired) electrons. The Kier molecular flexibility index (Phi) is 7.49. The Balaban J connectivity index is 3.63. The molecule has 0 rings (SSSR count). The average molecular weight is 232 g/mol. The minimum absolute atomic E-state index is 0.246. The summed E-state index contributed by atoms with van der Waals surface area (Å²) in [5, 5.41) is 19.6. The van der Waals surface area contributed by atoms with Gasteiger partial charge in [0.05, 0.1) is 6.54 Å². The normalized spacial score (nSPS) is 14.2. The summed E-state index contributed by atoms with van der Waals surface area (Å²) in [6, 6.07) is 0. The number of carboxylic acid groups (broad SMARTS) is 1. The summed E-state index contributed by atoms with van der Waals surface area (Å²) < 4.78 is 0. The van der Waals surface area contributed by atoms with E-state index in [2.05, 4.69) is 5.32 Å². The summed E-state index contributed by atoms with van der Waals surface area (Å²) in [6.07, 6.45) is 0.371. The van der Waals surface area contributed by atoms with E-state index in [9.17, 15) is 9.59 Å². The molecule has 0 aliphatic carbocycles. The zero-order chi connectivity index (χ0) is 12.6. The van der Waals surface area contributed by atoms with Gasteiger partial charge < -0.3 is 21.3 Å². The number of carboxylic acids is 1. The Bertz CT molecular complexity index is 233. The van der Waals surface area contributed by atoms with Crippen molar-refractivity contribution in [1.82, 2.24) is 5.32 Å². The number of nitrogens with one attached hydrogen (secondary N) is 1.